The summed E-state index contributed by atoms with van der Waals surface area (Å²) in [5.74, 6) is -0.688. The number of hydrogen-bond donors (Lipinski definition) is 2. The minimum atomic E-state index is -4.66. The molecular formula is C14H13F3N4O. The van der Waals surface area contributed by atoms with Gasteiger partial charge in [0, 0.05) is 19.4 Å². The van der Waals surface area contributed by atoms with Gasteiger partial charge in [-0.1, -0.05) is 6.07 Å². The molecule has 0 aliphatic carbocycles. The van der Waals surface area contributed by atoms with Gasteiger partial charge in [0.2, 0.25) is 0 Å². The molecule has 1 unspecified atom stereocenters. The third kappa shape index (κ3) is 3.51. The molecule has 2 N–H and O–H groups in total. The number of carbonyl (C=O) groups is 1. The largest absolute Gasteiger partial charge is 0.414 e. The summed E-state index contributed by atoms with van der Waals surface area (Å²) < 4.78 is 39.5. The van der Waals surface area contributed by atoms with Crippen LogP contribution in [0.3, 0.4) is 0 Å². The minimum Gasteiger partial charge on any atom is -0.372 e. The Hall–Kier alpha value is -2.64. The first-order chi connectivity index (χ1) is 10.4. The number of pyridine rings is 2. The van der Waals surface area contributed by atoms with Crippen LogP contribution in [0.15, 0.2) is 42.7 Å². The highest BCUT2D eigenvalue weighted by atomic mass is 19.4. The number of aromatic nitrogens is 2. The van der Waals surface area contributed by atoms with Crippen molar-refractivity contribution in [3.8, 4) is 0 Å². The van der Waals surface area contributed by atoms with Gasteiger partial charge in [-0.15, -0.1) is 0 Å². The second-order valence-electron chi connectivity index (χ2n) is 4.35. The van der Waals surface area contributed by atoms with Crippen LogP contribution >= 0.6 is 0 Å². The minimum absolute atomic E-state index is 0.0233. The monoisotopic (exact) mass is 310 g/mol. The zero-order valence-electron chi connectivity index (χ0n) is 11.6. The van der Waals surface area contributed by atoms with Gasteiger partial charge < -0.3 is 10.6 Å². The van der Waals surface area contributed by atoms with Crippen LogP contribution in [0.5, 0.6) is 0 Å². The Kier molecular flexibility index (Phi) is 4.59. The number of alkyl halides is 3. The van der Waals surface area contributed by atoms with Crippen LogP contribution < -0.4 is 10.6 Å². The molecule has 0 spiro atoms. The Morgan fingerprint density at radius 1 is 1.14 bits per heavy atom. The van der Waals surface area contributed by atoms with Crippen molar-refractivity contribution in [1.82, 2.24) is 15.3 Å². The van der Waals surface area contributed by atoms with Crippen LogP contribution in [0.25, 0.3) is 0 Å². The van der Waals surface area contributed by atoms with E-state index >= 15 is 0 Å². The molecule has 0 saturated carbocycles. The van der Waals surface area contributed by atoms with Gasteiger partial charge in [0.1, 0.15) is 5.82 Å². The second kappa shape index (κ2) is 6.42. The molecule has 0 saturated heterocycles. The van der Waals surface area contributed by atoms with E-state index in [0.29, 0.717) is 0 Å². The summed E-state index contributed by atoms with van der Waals surface area (Å²) in [7, 11) is 1.53. The van der Waals surface area contributed by atoms with Crippen LogP contribution in [-0.2, 0) is 0 Å². The highest BCUT2D eigenvalue weighted by Crippen LogP contribution is 2.32. The average Bonchev–Trinajstić information content (AvgIpc) is 2.52. The molecule has 0 aromatic carbocycles. The fourth-order valence-electron chi connectivity index (χ4n) is 1.87. The summed E-state index contributed by atoms with van der Waals surface area (Å²) >= 11 is 0. The molecular weight excluding hydrogens is 297 g/mol. The third-order valence-electron chi connectivity index (χ3n) is 2.88. The van der Waals surface area contributed by atoms with Crippen molar-refractivity contribution < 1.29 is 18.0 Å². The first-order valence-electron chi connectivity index (χ1n) is 6.34. The Morgan fingerprint density at radius 3 is 2.45 bits per heavy atom. The summed E-state index contributed by atoms with van der Waals surface area (Å²) in [6.45, 7) is 0. The van der Waals surface area contributed by atoms with Gasteiger partial charge in [-0.25, -0.2) is 4.98 Å². The van der Waals surface area contributed by atoms with Crippen LogP contribution in [0.2, 0.25) is 0 Å². The SMILES string of the molecule is CNc1ncccc1C(=O)NC(c1ccccn1)C(F)(F)F. The van der Waals surface area contributed by atoms with Crippen LogP contribution in [0.4, 0.5) is 19.0 Å². The van der Waals surface area contributed by atoms with Gasteiger partial charge in [-0.3, -0.25) is 9.78 Å². The summed E-state index contributed by atoms with van der Waals surface area (Å²) in [5, 5.41) is 4.62. The van der Waals surface area contributed by atoms with E-state index in [4.69, 9.17) is 0 Å². The number of hydrogen-bond acceptors (Lipinski definition) is 4. The molecule has 0 fully saturated rings. The van der Waals surface area contributed by atoms with Crippen LogP contribution in [0, 0.1) is 0 Å². The lowest BCUT2D eigenvalue weighted by Gasteiger charge is -2.21. The van der Waals surface area contributed by atoms with Crippen molar-refractivity contribution in [1.29, 1.82) is 0 Å². The zero-order chi connectivity index (χ0) is 16.2. The first kappa shape index (κ1) is 15.7. The number of nitrogens with one attached hydrogen (secondary N) is 2. The van der Waals surface area contributed by atoms with E-state index in [0.717, 1.165) is 0 Å². The van der Waals surface area contributed by atoms with Gasteiger partial charge in [0.05, 0.1) is 11.3 Å². The van der Waals surface area contributed by atoms with E-state index in [1.54, 1.807) is 0 Å². The molecule has 22 heavy (non-hydrogen) atoms. The zero-order valence-corrected chi connectivity index (χ0v) is 11.6. The lowest BCUT2D eigenvalue weighted by Crippen LogP contribution is -2.38. The number of halogens is 3. The van der Waals surface area contributed by atoms with Gasteiger partial charge in [-0.05, 0) is 24.3 Å². The molecule has 0 bridgehead atoms. The Bertz CT molecular complexity index is 646. The summed E-state index contributed by atoms with van der Waals surface area (Å²) in [6.07, 6.45) is -1.99. The van der Waals surface area contributed by atoms with Crippen molar-refractivity contribution in [2.45, 2.75) is 12.2 Å². The van der Waals surface area contributed by atoms with Crippen molar-refractivity contribution in [3.05, 3.63) is 54.0 Å². The van der Waals surface area contributed by atoms with E-state index in [-0.39, 0.29) is 17.1 Å². The smallest absolute Gasteiger partial charge is 0.372 e. The first-order valence-corrected chi connectivity index (χ1v) is 6.34. The molecule has 8 heteroatoms. The molecule has 2 rings (SSSR count). The van der Waals surface area contributed by atoms with E-state index in [1.807, 2.05) is 5.32 Å². The number of nitrogens with zero attached hydrogens (tertiary/aromatic N) is 2. The quantitative estimate of drug-likeness (QED) is 0.911. The molecule has 0 aliphatic rings. The maximum absolute atomic E-state index is 13.2. The van der Waals surface area contributed by atoms with Gasteiger partial charge in [0.15, 0.2) is 6.04 Å². The predicted molar refractivity (Wildman–Crippen MR) is 74.3 cm³/mol. The number of carbonyl (C=O) groups excluding carboxylic acids is 1. The molecule has 116 valence electrons. The van der Waals surface area contributed by atoms with Crippen molar-refractivity contribution in [3.63, 3.8) is 0 Å². The number of rotatable bonds is 4. The molecule has 0 radical (unpaired) electrons. The van der Waals surface area contributed by atoms with E-state index in [1.165, 1.54) is 49.8 Å². The van der Waals surface area contributed by atoms with Crippen molar-refractivity contribution in [2.24, 2.45) is 0 Å². The lowest BCUT2D eigenvalue weighted by molar-refractivity contribution is -0.156. The maximum atomic E-state index is 13.2. The topological polar surface area (TPSA) is 66.9 Å². The Labute approximate surface area is 124 Å². The van der Waals surface area contributed by atoms with Crippen molar-refractivity contribution >= 4 is 11.7 Å². The van der Waals surface area contributed by atoms with Crippen LogP contribution in [-0.4, -0.2) is 29.1 Å². The summed E-state index contributed by atoms with van der Waals surface area (Å²) in [4.78, 5) is 19.7. The molecule has 2 aromatic rings. The Balaban J connectivity index is 2.30. The normalized spacial score (nSPS) is 12.5. The van der Waals surface area contributed by atoms with E-state index in [2.05, 4.69) is 15.3 Å². The molecule has 0 aliphatic heterocycles. The molecule has 2 aromatic heterocycles. The molecule has 1 atom stereocenters. The highest BCUT2D eigenvalue weighted by Gasteiger charge is 2.43. The lowest BCUT2D eigenvalue weighted by atomic mass is 10.1. The van der Waals surface area contributed by atoms with E-state index in [9.17, 15) is 18.0 Å². The molecule has 2 heterocycles. The summed E-state index contributed by atoms with van der Waals surface area (Å²) in [6, 6.07) is 4.81. The fraction of sp³-hybridized carbons (Fsp3) is 0.214. The predicted octanol–water partition coefficient (Wildman–Crippen LogP) is 2.55. The van der Waals surface area contributed by atoms with Crippen LogP contribution in [0.1, 0.15) is 22.1 Å². The average molecular weight is 310 g/mol. The molecule has 1 amide bonds. The van der Waals surface area contributed by atoms with Crippen molar-refractivity contribution in [2.75, 3.05) is 12.4 Å². The third-order valence-corrected chi connectivity index (χ3v) is 2.88. The number of amides is 1. The van der Waals surface area contributed by atoms with Gasteiger partial charge in [-0.2, -0.15) is 13.2 Å². The fourth-order valence-corrected chi connectivity index (χ4v) is 1.87. The van der Waals surface area contributed by atoms with Gasteiger partial charge in [0.25, 0.3) is 5.91 Å². The Morgan fingerprint density at radius 2 is 1.86 bits per heavy atom. The highest BCUT2D eigenvalue weighted by molar-refractivity contribution is 5.98. The standard InChI is InChI=1S/C14H13F3N4O/c1-18-12-9(5-4-8-20-12)13(22)21-11(14(15,16)17)10-6-2-3-7-19-10/h2-8,11H,1H3,(H,18,20)(H,21,22). The van der Waals surface area contributed by atoms with Gasteiger partial charge >= 0.3 is 6.18 Å². The summed E-state index contributed by atoms with van der Waals surface area (Å²) in [5.41, 5.74) is -0.256. The maximum Gasteiger partial charge on any atom is 0.414 e. The molecule has 5 nitrogen and oxygen atoms in total. The van der Waals surface area contributed by atoms with E-state index < -0.39 is 18.1 Å². The second-order valence-corrected chi connectivity index (χ2v) is 4.35. The number of anilines is 1.